The van der Waals surface area contributed by atoms with Crippen molar-refractivity contribution < 1.29 is 19.9 Å². The Balaban J connectivity index is 2.27. The van der Waals surface area contributed by atoms with Crippen LogP contribution < -0.4 is 0 Å². The van der Waals surface area contributed by atoms with Gasteiger partial charge in [-0.3, -0.25) is 10.1 Å². The van der Waals surface area contributed by atoms with E-state index in [1.54, 1.807) is 30.3 Å². The van der Waals surface area contributed by atoms with Crippen LogP contribution in [0.1, 0.15) is 21.7 Å². The smallest absolute Gasteiger partial charge is 0.343 e. The summed E-state index contributed by atoms with van der Waals surface area (Å²) in [7, 11) is 0. The van der Waals surface area contributed by atoms with Gasteiger partial charge >= 0.3 is 5.97 Å². The number of allylic oxidation sites excluding steroid dienone is 1. The van der Waals surface area contributed by atoms with Crippen LogP contribution >= 0.6 is 0 Å². The summed E-state index contributed by atoms with van der Waals surface area (Å²) < 4.78 is 0. The average molecular weight is 350 g/mol. The number of benzene rings is 2. The van der Waals surface area contributed by atoms with Gasteiger partial charge in [0.05, 0.1) is 16.0 Å². The van der Waals surface area contributed by atoms with Gasteiger partial charge in [0.25, 0.3) is 5.69 Å². The molecule has 0 saturated heterocycles. The number of rotatable bonds is 4. The second-order valence-electron chi connectivity index (χ2n) is 5.20. The number of aliphatic hydroxyl groups excluding tert-OH is 1. The highest BCUT2D eigenvalue weighted by molar-refractivity contribution is 6.02. The predicted octanol–water partition coefficient (Wildman–Crippen LogP) is 3.12. The molecule has 1 heterocycles. The van der Waals surface area contributed by atoms with Gasteiger partial charge in [0, 0.05) is 11.6 Å². The number of hydrogen-bond donors (Lipinski definition) is 3. The van der Waals surface area contributed by atoms with Crippen LogP contribution in [0, 0.1) is 21.4 Å². The number of carboxylic acids is 1. The summed E-state index contributed by atoms with van der Waals surface area (Å²) in [4.78, 5) is 28.8. The first-order valence-corrected chi connectivity index (χ1v) is 7.23. The molecule has 0 fully saturated rings. The van der Waals surface area contributed by atoms with Crippen LogP contribution in [0.25, 0.3) is 22.4 Å². The van der Waals surface area contributed by atoms with Gasteiger partial charge < -0.3 is 15.2 Å². The van der Waals surface area contributed by atoms with Crippen LogP contribution in [0.2, 0.25) is 0 Å². The summed E-state index contributed by atoms with van der Waals surface area (Å²) in [5.74, 6) is -2.29. The van der Waals surface area contributed by atoms with E-state index in [-0.39, 0.29) is 17.0 Å². The van der Waals surface area contributed by atoms with Crippen molar-refractivity contribution in [1.82, 2.24) is 9.97 Å². The number of nitrogens with one attached hydrogen (secondary N) is 1. The third-order valence-electron chi connectivity index (χ3n) is 3.68. The fraction of sp³-hybridized carbons (Fsp3) is 0. The molecular formula is C17H10N4O5. The Bertz CT molecular complexity index is 1090. The first kappa shape index (κ1) is 16.7. The van der Waals surface area contributed by atoms with Crippen molar-refractivity contribution in [3.8, 4) is 6.07 Å². The molecule has 0 aliphatic rings. The van der Waals surface area contributed by atoms with E-state index in [2.05, 4.69) is 9.97 Å². The highest BCUT2D eigenvalue weighted by Gasteiger charge is 2.27. The third kappa shape index (κ3) is 2.71. The van der Waals surface area contributed by atoms with Crippen molar-refractivity contribution in [3.05, 3.63) is 69.5 Å². The Kier molecular flexibility index (Phi) is 4.08. The number of nitro groups is 1. The van der Waals surface area contributed by atoms with Gasteiger partial charge in [-0.15, -0.1) is 0 Å². The summed E-state index contributed by atoms with van der Waals surface area (Å²) >= 11 is 0. The van der Waals surface area contributed by atoms with E-state index in [1.165, 1.54) is 12.1 Å². The van der Waals surface area contributed by atoms with Crippen LogP contribution in [0.5, 0.6) is 0 Å². The molecule has 0 saturated carbocycles. The number of nitriles is 1. The summed E-state index contributed by atoms with van der Waals surface area (Å²) in [6.07, 6.45) is 0. The van der Waals surface area contributed by atoms with Gasteiger partial charge in [-0.05, 0) is 18.2 Å². The number of nitrogens with zero attached hydrogens (tertiary/aromatic N) is 3. The standard InChI is InChI=1S/C17H10N4O5/c18-8-10(16-19-11-5-1-2-6-12(11)20-16)15(22)9-4-3-7-13(21(25)26)14(9)17(23)24/h1-7,22H,(H,19,20)(H,23,24)/b15-10-. The molecule has 0 spiro atoms. The molecule has 9 heteroatoms. The topological polar surface area (TPSA) is 153 Å². The lowest BCUT2D eigenvalue weighted by atomic mass is 10.0. The van der Waals surface area contributed by atoms with Crippen molar-refractivity contribution in [1.29, 1.82) is 5.26 Å². The Morgan fingerprint density at radius 1 is 1.19 bits per heavy atom. The van der Waals surface area contributed by atoms with Crippen LogP contribution in [-0.2, 0) is 0 Å². The molecule has 0 amide bonds. The molecule has 0 unspecified atom stereocenters. The third-order valence-corrected chi connectivity index (χ3v) is 3.68. The van der Waals surface area contributed by atoms with Gasteiger partial charge in [-0.1, -0.05) is 18.2 Å². The van der Waals surface area contributed by atoms with E-state index >= 15 is 0 Å². The van der Waals surface area contributed by atoms with E-state index < -0.39 is 27.9 Å². The lowest BCUT2D eigenvalue weighted by molar-refractivity contribution is -0.385. The van der Waals surface area contributed by atoms with Crippen molar-refractivity contribution in [2.75, 3.05) is 0 Å². The van der Waals surface area contributed by atoms with Crippen LogP contribution in [0.3, 0.4) is 0 Å². The number of nitro benzene ring substituents is 1. The Morgan fingerprint density at radius 2 is 1.92 bits per heavy atom. The lowest BCUT2D eigenvalue weighted by Crippen LogP contribution is -2.07. The van der Waals surface area contributed by atoms with Gasteiger partial charge in [0.15, 0.2) is 5.82 Å². The summed E-state index contributed by atoms with van der Waals surface area (Å²) in [6.45, 7) is 0. The maximum absolute atomic E-state index is 11.5. The number of aliphatic hydroxyl groups is 1. The number of carbonyl (C=O) groups is 1. The molecule has 1 aromatic heterocycles. The highest BCUT2D eigenvalue weighted by Crippen LogP contribution is 2.30. The zero-order valence-electron chi connectivity index (χ0n) is 13.0. The first-order chi connectivity index (χ1) is 12.4. The van der Waals surface area contributed by atoms with Crippen LogP contribution in [0.4, 0.5) is 5.69 Å². The highest BCUT2D eigenvalue weighted by atomic mass is 16.6. The maximum Gasteiger partial charge on any atom is 0.343 e. The average Bonchev–Trinajstić information content (AvgIpc) is 3.04. The number of aromatic carboxylic acids is 1. The summed E-state index contributed by atoms with van der Waals surface area (Å²) in [6, 6.07) is 12.1. The molecule has 0 radical (unpaired) electrons. The predicted molar refractivity (Wildman–Crippen MR) is 91.2 cm³/mol. The minimum Gasteiger partial charge on any atom is -0.506 e. The Hall–Kier alpha value is -4.19. The van der Waals surface area contributed by atoms with Gasteiger partial charge in [-0.25, -0.2) is 9.78 Å². The molecule has 0 bridgehead atoms. The normalized spacial score (nSPS) is 11.7. The van der Waals surface area contributed by atoms with E-state index in [4.69, 9.17) is 0 Å². The number of fused-ring (bicyclic) bond motifs is 1. The molecule has 2 aromatic carbocycles. The molecule has 0 aliphatic carbocycles. The maximum atomic E-state index is 11.5. The molecular weight excluding hydrogens is 340 g/mol. The zero-order valence-corrected chi connectivity index (χ0v) is 13.0. The monoisotopic (exact) mass is 350 g/mol. The SMILES string of the molecule is N#C/C(=C(/O)c1cccc([N+](=O)[O-])c1C(=O)O)c1nc2ccccc2[nH]1. The lowest BCUT2D eigenvalue weighted by Gasteiger charge is -2.07. The minimum atomic E-state index is -1.60. The number of aromatic nitrogens is 2. The molecule has 0 atom stereocenters. The molecule has 3 rings (SSSR count). The Morgan fingerprint density at radius 3 is 2.54 bits per heavy atom. The van der Waals surface area contributed by atoms with Gasteiger partial charge in [0.1, 0.15) is 23.0 Å². The fourth-order valence-electron chi connectivity index (χ4n) is 2.54. The number of H-pyrrole nitrogens is 1. The number of imidazole rings is 1. The molecule has 3 aromatic rings. The second kappa shape index (κ2) is 6.37. The number of aromatic amines is 1. The quantitative estimate of drug-likeness (QED) is 0.283. The van der Waals surface area contributed by atoms with Crippen molar-refractivity contribution >= 4 is 34.0 Å². The molecule has 128 valence electrons. The van der Waals surface area contributed by atoms with Crippen molar-refractivity contribution in [2.45, 2.75) is 0 Å². The minimum absolute atomic E-state index is 0.0223. The first-order valence-electron chi connectivity index (χ1n) is 7.23. The van der Waals surface area contributed by atoms with Crippen LogP contribution in [-0.4, -0.2) is 31.1 Å². The molecule has 9 nitrogen and oxygen atoms in total. The Labute approximate surface area is 145 Å². The summed E-state index contributed by atoms with van der Waals surface area (Å²) in [5.41, 5.74) is -0.920. The largest absolute Gasteiger partial charge is 0.506 e. The van der Waals surface area contributed by atoms with E-state index in [1.807, 2.05) is 0 Å². The molecule has 3 N–H and O–H groups in total. The number of hydrogen-bond acceptors (Lipinski definition) is 6. The summed E-state index contributed by atoms with van der Waals surface area (Å²) in [5, 5.41) is 40.4. The van der Waals surface area contributed by atoms with Crippen LogP contribution in [0.15, 0.2) is 42.5 Å². The van der Waals surface area contributed by atoms with Gasteiger partial charge in [-0.2, -0.15) is 5.26 Å². The fourth-order valence-corrected chi connectivity index (χ4v) is 2.54. The van der Waals surface area contributed by atoms with Crippen molar-refractivity contribution in [2.24, 2.45) is 0 Å². The van der Waals surface area contributed by atoms with Crippen molar-refractivity contribution in [3.63, 3.8) is 0 Å². The number of para-hydroxylation sites is 2. The van der Waals surface area contributed by atoms with E-state index in [0.29, 0.717) is 11.0 Å². The second-order valence-corrected chi connectivity index (χ2v) is 5.20. The van der Waals surface area contributed by atoms with E-state index in [9.17, 15) is 30.4 Å². The molecule has 0 aliphatic heterocycles. The molecule has 26 heavy (non-hydrogen) atoms. The van der Waals surface area contributed by atoms with E-state index in [0.717, 1.165) is 6.07 Å². The van der Waals surface area contributed by atoms with Gasteiger partial charge in [0.2, 0.25) is 0 Å². The number of carboxylic acid groups (broad SMARTS) is 1. The zero-order chi connectivity index (χ0) is 18.8.